The van der Waals surface area contributed by atoms with E-state index in [9.17, 15) is 15.0 Å². The van der Waals surface area contributed by atoms with Crippen LogP contribution in [-0.4, -0.2) is 34.5 Å². The smallest absolute Gasteiger partial charge is 0.311 e. The number of aliphatic hydroxyl groups excluding tert-OH is 2. The lowest BCUT2D eigenvalue weighted by Gasteiger charge is -2.44. The number of carbonyl (C=O) groups is 1. The van der Waals surface area contributed by atoms with Crippen molar-refractivity contribution >= 4 is 5.97 Å². The molecule has 0 bridgehead atoms. The van der Waals surface area contributed by atoms with Crippen LogP contribution in [0, 0.1) is 29.1 Å². The van der Waals surface area contributed by atoms with Gasteiger partial charge in [-0.2, -0.15) is 0 Å². The third kappa shape index (κ3) is 6.18. The van der Waals surface area contributed by atoms with Gasteiger partial charge < -0.3 is 14.9 Å². The number of rotatable bonds is 9. The second-order valence-electron chi connectivity index (χ2n) is 10.00. The number of fused-ring (bicyclic) bond motifs is 1. The molecule has 4 heteroatoms. The molecule has 2 rings (SSSR count). The fourth-order valence-corrected chi connectivity index (χ4v) is 4.65. The van der Waals surface area contributed by atoms with Gasteiger partial charge in [0.2, 0.25) is 0 Å². The first-order valence-electron chi connectivity index (χ1n) is 11.6. The number of hydrogen-bond donors (Lipinski definition) is 2. The minimum Gasteiger partial charge on any atom is -0.461 e. The molecule has 0 saturated heterocycles. The summed E-state index contributed by atoms with van der Waals surface area (Å²) in [6.45, 7) is 12.3. The van der Waals surface area contributed by atoms with Gasteiger partial charge in [-0.25, -0.2) is 0 Å². The highest BCUT2D eigenvalue weighted by molar-refractivity contribution is 5.76. The van der Waals surface area contributed by atoms with E-state index in [0.29, 0.717) is 37.0 Å². The van der Waals surface area contributed by atoms with Crippen LogP contribution < -0.4 is 0 Å². The maximum absolute atomic E-state index is 12.8. The quantitative estimate of drug-likeness (QED) is 0.526. The standard InChI is InChI=1S/C25H42O4/c1-7-19(26)15-20(27)11-12-21-17(4)9-10-18-13-16(3)14-22(23(18)21)29-24(28)25(5,6)8-2/h9-10,13,16-17,19-23,26-27H,7-8,11-12,14-15H2,1-6H3. The average molecular weight is 407 g/mol. The molecule has 0 saturated carbocycles. The Labute approximate surface area is 177 Å². The molecule has 7 unspecified atom stereocenters. The van der Waals surface area contributed by atoms with Gasteiger partial charge in [0.25, 0.3) is 0 Å². The monoisotopic (exact) mass is 406 g/mol. The molecule has 2 N–H and O–H groups in total. The van der Waals surface area contributed by atoms with Crippen LogP contribution in [-0.2, 0) is 9.53 Å². The van der Waals surface area contributed by atoms with E-state index in [1.54, 1.807) is 0 Å². The molecule has 0 spiro atoms. The molecule has 0 aromatic carbocycles. The van der Waals surface area contributed by atoms with Crippen molar-refractivity contribution in [2.75, 3.05) is 0 Å². The van der Waals surface area contributed by atoms with Crippen molar-refractivity contribution in [2.45, 2.75) is 98.4 Å². The number of aliphatic hydroxyl groups is 2. The molecule has 166 valence electrons. The van der Waals surface area contributed by atoms with Crippen LogP contribution in [0.5, 0.6) is 0 Å². The molecule has 4 nitrogen and oxygen atoms in total. The van der Waals surface area contributed by atoms with Crippen molar-refractivity contribution in [3.05, 3.63) is 23.8 Å². The van der Waals surface area contributed by atoms with E-state index < -0.39 is 17.6 Å². The van der Waals surface area contributed by atoms with Gasteiger partial charge in [-0.15, -0.1) is 0 Å². The molecule has 7 atom stereocenters. The highest BCUT2D eigenvalue weighted by atomic mass is 16.5. The van der Waals surface area contributed by atoms with Crippen molar-refractivity contribution in [2.24, 2.45) is 29.1 Å². The SMILES string of the molecule is CCC(O)CC(O)CCC1C(C)C=CC2=CC(C)CC(OC(=O)C(C)(C)CC)C21. The fourth-order valence-electron chi connectivity index (χ4n) is 4.65. The van der Waals surface area contributed by atoms with E-state index in [1.165, 1.54) is 5.57 Å². The molecule has 2 aliphatic carbocycles. The third-order valence-corrected chi connectivity index (χ3v) is 7.14. The van der Waals surface area contributed by atoms with E-state index in [-0.39, 0.29) is 18.0 Å². The lowest BCUT2D eigenvalue weighted by atomic mass is 9.65. The molecule has 0 amide bonds. The van der Waals surface area contributed by atoms with Gasteiger partial charge in [-0.3, -0.25) is 4.79 Å². The predicted molar refractivity (Wildman–Crippen MR) is 117 cm³/mol. The number of hydrogen-bond acceptors (Lipinski definition) is 4. The van der Waals surface area contributed by atoms with Crippen LogP contribution in [0.25, 0.3) is 0 Å². The molecule has 0 heterocycles. The maximum Gasteiger partial charge on any atom is 0.311 e. The highest BCUT2D eigenvalue weighted by Crippen LogP contribution is 2.45. The Balaban J connectivity index is 2.17. The number of carbonyl (C=O) groups excluding carboxylic acids is 1. The van der Waals surface area contributed by atoms with Crippen LogP contribution in [0.15, 0.2) is 23.8 Å². The molecule has 0 fully saturated rings. The van der Waals surface area contributed by atoms with Crippen LogP contribution in [0.2, 0.25) is 0 Å². The maximum atomic E-state index is 12.8. The molecular weight excluding hydrogens is 364 g/mol. The molecule has 0 aromatic rings. The first kappa shape index (κ1) is 24.1. The number of esters is 1. The first-order valence-corrected chi connectivity index (χ1v) is 11.6. The second kappa shape index (κ2) is 10.3. The Morgan fingerprint density at radius 2 is 1.93 bits per heavy atom. The van der Waals surface area contributed by atoms with Gasteiger partial charge in [0.15, 0.2) is 0 Å². The zero-order chi connectivity index (χ0) is 21.8. The zero-order valence-corrected chi connectivity index (χ0v) is 19.2. The van der Waals surface area contributed by atoms with Crippen LogP contribution in [0.1, 0.15) is 80.1 Å². The fraction of sp³-hybridized carbons (Fsp3) is 0.800. The molecule has 29 heavy (non-hydrogen) atoms. The molecule has 0 radical (unpaired) electrons. The largest absolute Gasteiger partial charge is 0.461 e. The van der Waals surface area contributed by atoms with Gasteiger partial charge in [0.1, 0.15) is 6.10 Å². The van der Waals surface area contributed by atoms with Gasteiger partial charge in [-0.1, -0.05) is 45.9 Å². The summed E-state index contributed by atoms with van der Waals surface area (Å²) < 4.78 is 6.14. The van der Waals surface area contributed by atoms with E-state index in [1.807, 2.05) is 27.7 Å². The summed E-state index contributed by atoms with van der Waals surface area (Å²) in [5.41, 5.74) is 0.810. The van der Waals surface area contributed by atoms with Crippen molar-refractivity contribution in [1.82, 2.24) is 0 Å². The van der Waals surface area contributed by atoms with Crippen LogP contribution in [0.4, 0.5) is 0 Å². The molecule has 0 aliphatic heterocycles. The van der Waals surface area contributed by atoms with Gasteiger partial charge >= 0.3 is 5.97 Å². The summed E-state index contributed by atoms with van der Waals surface area (Å²) in [7, 11) is 0. The van der Waals surface area contributed by atoms with Crippen molar-refractivity contribution in [3.63, 3.8) is 0 Å². The first-order chi connectivity index (χ1) is 13.6. The molecule has 0 aromatic heterocycles. The predicted octanol–water partition coefficient (Wildman–Crippen LogP) is 5.04. The summed E-state index contributed by atoms with van der Waals surface area (Å²) in [6.07, 6.45) is 10.00. The van der Waals surface area contributed by atoms with Gasteiger partial charge in [0, 0.05) is 5.92 Å². The average Bonchev–Trinajstić information content (AvgIpc) is 2.67. The number of ether oxygens (including phenoxy) is 1. The highest BCUT2D eigenvalue weighted by Gasteiger charge is 2.42. The summed E-state index contributed by atoms with van der Waals surface area (Å²) in [6, 6.07) is 0. The topological polar surface area (TPSA) is 66.8 Å². The van der Waals surface area contributed by atoms with Crippen molar-refractivity contribution in [3.8, 4) is 0 Å². The lowest BCUT2D eigenvalue weighted by molar-refractivity contribution is -0.164. The summed E-state index contributed by atoms with van der Waals surface area (Å²) in [4.78, 5) is 12.8. The summed E-state index contributed by atoms with van der Waals surface area (Å²) in [5, 5.41) is 20.2. The third-order valence-electron chi connectivity index (χ3n) is 7.14. The molecular formula is C25H42O4. The Morgan fingerprint density at radius 3 is 2.55 bits per heavy atom. The summed E-state index contributed by atoms with van der Waals surface area (Å²) >= 11 is 0. The van der Waals surface area contributed by atoms with Crippen LogP contribution >= 0.6 is 0 Å². The Kier molecular flexibility index (Phi) is 8.54. The summed E-state index contributed by atoms with van der Waals surface area (Å²) in [5.74, 6) is 1.16. The van der Waals surface area contributed by atoms with E-state index >= 15 is 0 Å². The Hall–Kier alpha value is -1.13. The van der Waals surface area contributed by atoms with Crippen molar-refractivity contribution in [1.29, 1.82) is 0 Å². The Morgan fingerprint density at radius 1 is 1.24 bits per heavy atom. The van der Waals surface area contributed by atoms with Gasteiger partial charge in [0.05, 0.1) is 17.6 Å². The van der Waals surface area contributed by atoms with Gasteiger partial charge in [-0.05, 0) is 75.7 Å². The van der Waals surface area contributed by atoms with Crippen molar-refractivity contribution < 1.29 is 19.7 Å². The minimum absolute atomic E-state index is 0.106. The lowest BCUT2D eigenvalue weighted by Crippen LogP contribution is -2.43. The van der Waals surface area contributed by atoms with E-state index in [4.69, 9.17) is 4.74 Å². The zero-order valence-electron chi connectivity index (χ0n) is 19.2. The number of allylic oxidation sites excluding steroid dienone is 3. The van der Waals surface area contributed by atoms with E-state index in [0.717, 1.165) is 19.3 Å². The van der Waals surface area contributed by atoms with E-state index in [2.05, 4.69) is 32.1 Å². The minimum atomic E-state index is -0.488. The molecule has 2 aliphatic rings. The second-order valence-corrected chi connectivity index (χ2v) is 10.00. The normalized spacial score (nSPS) is 31.6. The van der Waals surface area contributed by atoms with Crippen LogP contribution in [0.3, 0.4) is 0 Å². The Bertz CT molecular complexity index is 606.